The molecular weight excluding hydrogens is 314 g/mol. The van der Waals surface area contributed by atoms with E-state index in [1.54, 1.807) is 26.4 Å². The number of likely N-dealkylation sites (tertiary alicyclic amines) is 1. The Balaban J connectivity index is 1.67. The first-order valence-corrected chi connectivity index (χ1v) is 8.74. The van der Waals surface area contributed by atoms with E-state index in [-0.39, 0.29) is 5.78 Å². The van der Waals surface area contributed by atoms with Crippen LogP contribution in [0.15, 0.2) is 48.5 Å². The van der Waals surface area contributed by atoms with Crippen molar-refractivity contribution >= 4 is 5.78 Å². The summed E-state index contributed by atoms with van der Waals surface area (Å²) in [5.74, 6) is 1.40. The highest BCUT2D eigenvalue weighted by atomic mass is 16.5. The minimum atomic E-state index is 0.158. The third-order valence-corrected chi connectivity index (χ3v) is 4.85. The molecule has 1 fully saturated rings. The molecule has 3 rings (SSSR count). The second kappa shape index (κ2) is 8.17. The Morgan fingerprint density at radius 2 is 1.84 bits per heavy atom. The van der Waals surface area contributed by atoms with Crippen LogP contribution < -0.4 is 9.47 Å². The average molecular weight is 339 g/mol. The molecule has 0 radical (unpaired) electrons. The largest absolute Gasteiger partial charge is 0.493 e. The Labute approximate surface area is 149 Å². The Kier molecular flexibility index (Phi) is 5.71. The van der Waals surface area contributed by atoms with Crippen molar-refractivity contribution in [2.75, 3.05) is 20.8 Å². The van der Waals surface area contributed by atoms with Gasteiger partial charge in [-0.2, -0.15) is 0 Å². The van der Waals surface area contributed by atoms with E-state index in [1.807, 2.05) is 12.1 Å². The summed E-state index contributed by atoms with van der Waals surface area (Å²) in [6.07, 6.45) is 2.77. The van der Waals surface area contributed by atoms with E-state index < -0.39 is 0 Å². The van der Waals surface area contributed by atoms with Gasteiger partial charge in [-0.05, 0) is 43.1 Å². The number of carbonyl (C=O) groups excluding carboxylic acids is 1. The van der Waals surface area contributed by atoms with Crippen LogP contribution in [0.4, 0.5) is 0 Å². The molecule has 1 heterocycles. The maximum absolute atomic E-state index is 12.7. The number of nitrogens with zero attached hydrogens (tertiary/aromatic N) is 1. The molecule has 1 unspecified atom stereocenters. The first kappa shape index (κ1) is 17.5. The molecule has 1 saturated heterocycles. The lowest BCUT2D eigenvalue weighted by Gasteiger charge is -2.24. The lowest BCUT2D eigenvalue weighted by atomic mass is 10.0. The number of hydrogen-bond donors (Lipinski definition) is 0. The molecule has 0 spiro atoms. The van der Waals surface area contributed by atoms with Gasteiger partial charge >= 0.3 is 0 Å². The zero-order valence-electron chi connectivity index (χ0n) is 14.9. The number of carbonyl (C=O) groups is 1. The number of rotatable bonds is 7. The highest BCUT2D eigenvalue weighted by Crippen LogP contribution is 2.29. The normalized spacial score (nSPS) is 17.4. The smallest absolute Gasteiger partial charge is 0.164 e. The summed E-state index contributed by atoms with van der Waals surface area (Å²) in [6, 6.07) is 16.1. The molecule has 1 aliphatic heterocycles. The summed E-state index contributed by atoms with van der Waals surface area (Å²) in [4.78, 5) is 15.2. The van der Waals surface area contributed by atoms with Gasteiger partial charge in [0.1, 0.15) is 0 Å². The second-order valence-corrected chi connectivity index (χ2v) is 6.45. The SMILES string of the molecule is COc1ccc(C(=O)CC2CCCN2Cc2ccccc2)cc1OC. The molecule has 1 aliphatic rings. The number of ether oxygens (including phenoxy) is 2. The quantitative estimate of drug-likeness (QED) is 0.716. The predicted octanol–water partition coefficient (Wildman–Crippen LogP) is 3.94. The van der Waals surface area contributed by atoms with Gasteiger partial charge in [-0.15, -0.1) is 0 Å². The number of benzene rings is 2. The molecule has 4 nitrogen and oxygen atoms in total. The standard InChI is InChI=1S/C21H25NO3/c1-24-20-11-10-17(13-21(20)25-2)19(23)14-18-9-6-12-22(18)15-16-7-4-3-5-8-16/h3-5,7-8,10-11,13,18H,6,9,12,14-15H2,1-2H3. The lowest BCUT2D eigenvalue weighted by molar-refractivity contribution is 0.0938. The van der Waals surface area contributed by atoms with Gasteiger partial charge in [0.05, 0.1) is 14.2 Å². The van der Waals surface area contributed by atoms with Gasteiger partial charge in [0.25, 0.3) is 0 Å². The van der Waals surface area contributed by atoms with Crippen LogP contribution in [0.2, 0.25) is 0 Å². The molecule has 0 saturated carbocycles. The summed E-state index contributed by atoms with van der Waals surface area (Å²) in [7, 11) is 3.18. The highest BCUT2D eigenvalue weighted by Gasteiger charge is 2.27. The molecular formula is C21H25NO3. The van der Waals surface area contributed by atoms with Gasteiger partial charge in [0.15, 0.2) is 17.3 Å². The Hall–Kier alpha value is -2.33. The van der Waals surface area contributed by atoms with Crippen LogP contribution in [-0.4, -0.2) is 37.5 Å². The van der Waals surface area contributed by atoms with E-state index >= 15 is 0 Å². The molecule has 0 aromatic heterocycles. The number of ketones is 1. The topological polar surface area (TPSA) is 38.8 Å². The van der Waals surface area contributed by atoms with Crippen molar-refractivity contribution in [1.82, 2.24) is 4.90 Å². The van der Waals surface area contributed by atoms with Crippen LogP contribution in [0.3, 0.4) is 0 Å². The zero-order valence-corrected chi connectivity index (χ0v) is 14.9. The zero-order chi connectivity index (χ0) is 17.6. The molecule has 2 aromatic rings. The number of Topliss-reactive ketones (excluding diaryl/α,β-unsaturated/α-hetero) is 1. The minimum Gasteiger partial charge on any atom is -0.493 e. The van der Waals surface area contributed by atoms with Crippen LogP contribution in [0.1, 0.15) is 35.2 Å². The minimum absolute atomic E-state index is 0.158. The van der Waals surface area contributed by atoms with E-state index in [0.29, 0.717) is 29.5 Å². The third-order valence-electron chi connectivity index (χ3n) is 4.85. The van der Waals surface area contributed by atoms with Crippen LogP contribution in [-0.2, 0) is 6.54 Å². The van der Waals surface area contributed by atoms with Gasteiger partial charge in [0.2, 0.25) is 0 Å². The summed E-state index contributed by atoms with van der Waals surface area (Å²) < 4.78 is 10.6. The lowest BCUT2D eigenvalue weighted by Crippen LogP contribution is -2.30. The fourth-order valence-electron chi connectivity index (χ4n) is 3.49. The summed E-state index contributed by atoms with van der Waals surface area (Å²) >= 11 is 0. The van der Waals surface area contributed by atoms with Crippen LogP contribution in [0.25, 0.3) is 0 Å². The van der Waals surface area contributed by atoms with Crippen molar-refractivity contribution < 1.29 is 14.3 Å². The Bertz CT molecular complexity index is 714. The number of hydrogen-bond acceptors (Lipinski definition) is 4. The van der Waals surface area contributed by atoms with Crippen molar-refractivity contribution in [3.05, 3.63) is 59.7 Å². The molecule has 1 atom stereocenters. The van der Waals surface area contributed by atoms with E-state index in [4.69, 9.17) is 9.47 Å². The predicted molar refractivity (Wildman–Crippen MR) is 98.4 cm³/mol. The first-order valence-electron chi connectivity index (χ1n) is 8.74. The molecule has 0 bridgehead atoms. The van der Waals surface area contributed by atoms with E-state index in [1.165, 1.54) is 5.56 Å². The van der Waals surface area contributed by atoms with Crippen molar-refractivity contribution in [3.63, 3.8) is 0 Å². The van der Waals surface area contributed by atoms with E-state index in [2.05, 4.69) is 29.2 Å². The maximum atomic E-state index is 12.7. The third kappa shape index (κ3) is 4.20. The monoisotopic (exact) mass is 339 g/mol. The summed E-state index contributed by atoms with van der Waals surface area (Å²) in [5, 5.41) is 0. The van der Waals surface area contributed by atoms with Crippen LogP contribution >= 0.6 is 0 Å². The Morgan fingerprint density at radius 1 is 1.08 bits per heavy atom. The van der Waals surface area contributed by atoms with Gasteiger partial charge < -0.3 is 9.47 Å². The van der Waals surface area contributed by atoms with Gasteiger partial charge in [-0.25, -0.2) is 0 Å². The van der Waals surface area contributed by atoms with Gasteiger partial charge in [-0.3, -0.25) is 9.69 Å². The van der Waals surface area contributed by atoms with Crippen LogP contribution in [0, 0.1) is 0 Å². The second-order valence-electron chi connectivity index (χ2n) is 6.45. The molecule has 25 heavy (non-hydrogen) atoms. The van der Waals surface area contributed by atoms with Crippen molar-refractivity contribution in [2.45, 2.75) is 31.8 Å². The van der Waals surface area contributed by atoms with Crippen molar-refractivity contribution in [1.29, 1.82) is 0 Å². The van der Waals surface area contributed by atoms with Gasteiger partial charge in [0, 0.05) is 24.6 Å². The van der Waals surface area contributed by atoms with E-state index in [9.17, 15) is 4.79 Å². The molecule has 0 amide bonds. The van der Waals surface area contributed by atoms with Crippen molar-refractivity contribution in [3.8, 4) is 11.5 Å². The summed E-state index contributed by atoms with van der Waals surface area (Å²) in [6.45, 7) is 1.96. The number of methoxy groups -OCH3 is 2. The molecule has 0 N–H and O–H groups in total. The molecule has 4 heteroatoms. The van der Waals surface area contributed by atoms with E-state index in [0.717, 1.165) is 25.9 Å². The fraction of sp³-hybridized carbons (Fsp3) is 0.381. The molecule has 132 valence electrons. The molecule has 0 aliphatic carbocycles. The fourth-order valence-corrected chi connectivity index (χ4v) is 3.49. The maximum Gasteiger partial charge on any atom is 0.164 e. The van der Waals surface area contributed by atoms with Crippen LogP contribution in [0.5, 0.6) is 11.5 Å². The highest BCUT2D eigenvalue weighted by molar-refractivity contribution is 5.97. The molecule has 2 aromatic carbocycles. The average Bonchev–Trinajstić information content (AvgIpc) is 3.08. The Morgan fingerprint density at radius 3 is 2.56 bits per heavy atom. The first-order chi connectivity index (χ1) is 12.2. The van der Waals surface area contributed by atoms with Gasteiger partial charge in [-0.1, -0.05) is 30.3 Å². The summed E-state index contributed by atoms with van der Waals surface area (Å²) in [5.41, 5.74) is 1.98. The van der Waals surface area contributed by atoms with Crippen molar-refractivity contribution in [2.24, 2.45) is 0 Å².